The fraction of sp³-hybridized carbons (Fsp3) is 0.471. The number of nitrogens with zero attached hydrogens (tertiary/aromatic N) is 3. The van der Waals surface area contributed by atoms with E-state index in [0.717, 1.165) is 5.56 Å². The SMILES string of the molecule is O=S(=O)(c1cnn(Cc2ccccc2)c1)N1CCOCC12CCOC2. The summed E-state index contributed by atoms with van der Waals surface area (Å²) in [6.45, 7) is 2.60. The van der Waals surface area contributed by atoms with E-state index < -0.39 is 15.6 Å². The molecule has 1 spiro atoms. The molecule has 3 heterocycles. The lowest BCUT2D eigenvalue weighted by Crippen LogP contribution is -2.59. The maximum absolute atomic E-state index is 13.2. The molecule has 25 heavy (non-hydrogen) atoms. The van der Waals surface area contributed by atoms with Crippen molar-refractivity contribution < 1.29 is 17.9 Å². The quantitative estimate of drug-likeness (QED) is 0.814. The van der Waals surface area contributed by atoms with E-state index in [1.54, 1.807) is 15.2 Å². The monoisotopic (exact) mass is 363 g/mol. The molecule has 0 N–H and O–H groups in total. The predicted molar refractivity (Wildman–Crippen MR) is 90.6 cm³/mol. The van der Waals surface area contributed by atoms with Crippen molar-refractivity contribution in [3.63, 3.8) is 0 Å². The molecule has 0 aliphatic carbocycles. The van der Waals surface area contributed by atoms with Gasteiger partial charge in [-0.05, 0) is 12.0 Å². The van der Waals surface area contributed by atoms with Crippen LogP contribution >= 0.6 is 0 Å². The van der Waals surface area contributed by atoms with Crippen molar-refractivity contribution in [2.24, 2.45) is 0 Å². The molecule has 7 nitrogen and oxygen atoms in total. The molecule has 0 radical (unpaired) electrons. The summed E-state index contributed by atoms with van der Waals surface area (Å²) in [7, 11) is -3.64. The Hall–Kier alpha value is -1.74. The van der Waals surface area contributed by atoms with Gasteiger partial charge in [0.05, 0.1) is 38.1 Å². The molecule has 2 aromatic rings. The Kier molecular flexibility index (Phi) is 4.36. The smallest absolute Gasteiger partial charge is 0.246 e. The minimum Gasteiger partial charge on any atom is -0.379 e. The van der Waals surface area contributed by atoms with Gasteiger partial charge in [0, 0.05) is 19.3 Å². The van der Waals surface area contributed by atoms with E-state index in [-0.39, 0.29) is 4.90 Å². The summed E-state index contributed by atoms with van der Waals surface area (Å²) in [6.07, 6.45) is 3.68. The van der Waals surface area contributed by atoms with Crippen molar-refractivity contribution >= 4 is 10.0 Å². The van der Waals surface area contributed by atoms with Gasteiger partial charge in [0.2, 0.25) is 10.0 Å². The highest BCUT2D eigenvalue weighted by Gasteiger charge is 2.49. The number of hydrogen-bond acceptors (Lipinski definition) is 5. The highest BCUT2D eigenvalue weighted by molar-refractivity contribution is 7.89. The van der Waals surface area contributed by atoms with Crippen LogP contribution in [0.25, 0.3) is 0 Å². The largest absolute Gasteiger partial charge is 0.379 e. The van der Waals surface area contributed by atoms with Gasteiger partial charge in [-0.2, -0.15) is 9.40 Å². The number of sulfonamides is 1. The van der Waals surface area contributed by atoms with Gasteiger partial charge >= 0.3 is 0 Å². The number of hydrogen-bond donors (Lipinski definition) is 0. The second-order valence-electron chi connectivity index (χ2n) is 6.52. The Morgan fingerprint density at radius 1 is 1.12 bits per heavy atom. The first kappa shape index (κ1) is 16.7. The molecular weight excluding hydrogens is 342 g/mol. The molecule has 1 aromatic carbocycles. The summed E-state index contributed by atoms with van der Waals surface area (Å²) in [4.78, 5) is 0.219. The van der Waals surface area contributed by atoms with E-state index in [1.807, 2.05) is 30.3 Å². The van der Waals surface area contributed by atoms with Crippen molar-refractivity contribution in [3.05, 3.63) is 48.3 Å². The van der Waals surface area contributed by atoms with E-state index in [1.165, 1.54) is 6.20 Å². The first-order valence-corrected chi connectivity index (χ1v) is 9.79. The van der Waals surface area contributed by atoms with Crippen LogP contribution in [-0.4, -0.2) is 61.0 Å². The molecule has 8 heteroatoms. The van der Waals surface area contributed by atoms with E-state index in [4.69, 9.17) is 9.47 Å². The van der Waals surface area contributed by atoms with Crippen LogP contribution in [0.3, 0.4) is 0 Å². The van der Waals surface area contributed by atoms with Crippen molar-refractivity contribution in [3.8, 4) is 0 Å². The van der Waals surface area contributed by atoms with E-state index in [0.29, 0.717) is 45.9 Å². The molecule has 1 aromatic heterocycles. The minimum absolute atomic E-state index is 0.219. The molecule has 2 fully saturated rings. The molecule has 134 valence electrons. The van der Waals surface area contributed by atoms with E-state index in [9.17, 15) is 8.42 Å². The van der Waals surface area contributed by atoms with Crippen molar-refractivity contribution in [1.82, 2.24) is 14.1 Å². The van der Waals surface area contributed by atoms with E-state index in [2.05, 4.69) is 5.10 Å². The Morgan fingerprint density at radius 2 is 1.88 bits per heavy atom. The summed E-state index contributed by atoms with van der Waals surface area (Å²) >= 11 is 0. The lowest BCUT2D eigenvalue weighted by Gasteiger charge is -2.41. The van der Waals surface area contributed by atoms with Crippen LogP contribution < -0.4 is 0 Å². The summed E-state index contributed by atoms with van der Waals surface area (Å²) in [5.74, 6) is 0. The predicted octanol–water partition coefficient (Wildman–Crippen LogP) is 1.11. The van der Waals surface area contributed by atoms with Crippen LogP contribution in [0.1, 0.15) is 12.0 Å². The fourth-order valence-corrected chi connectivity index (χ4v) is 5.17. The number of rotatable bonds is 4. The van der Waals surface area contributed by atoms with Gasteiger partial charge in [0.1, 0.15) is 4.90 Å². The lowest BCUT2D eigenvalue weighted by molar-refractivity contribution is -0.0293. The first-order chi connectivity index (χ1) is 12.1. The van der Waals surface area contributed by atoms with Crippen molar-refractivity contribution in [1.29, 1.82) is 0 Å². The molecule has 1 unspecified atom stereocenters. The average molecular weight is 363 g/mol. The number of benzene rings is 1. The molecule has 2 aliphatic heterocycles. The molecule has 2 aliphatic rings. The topological polar surface area (TPSA) is 73.7 Å². The van der Waals surface area contributed by atoms with Crippen LogP contribution in [0.4, 0.5) is 0 Å². The number of aromatic nitrogens is 2. The van der Waals surface area contributed by atoms with Gasteiger partial charge in [-0.15, -0.1) is 0 Å². The zero-order valence-electron chi connectivity index (χ0n) is 13.9. The van der Waals surface area contributed by atoms with Gasteiger partial charge in [-0.1, -0.05) is 30.3 Å². The molecule has 2 saturated heterocycles. The lowest BCUT2D eigenvalue weighted by atomic mass is 9.99. The van der Waals surface area contributed by atoms with Crippen molar-refractivity contribution in [2.75, 3.05) is 33.0 Å². The number of morpholine rings is 1. The van der Waals surface area contributed by atoms with Crippen molar-refractivity contribution in [2.45, 2.75) is 23.4 Å². The van der Waals surface area contributed by atoms with Crippen LogP contribution in [0, 0.1) is 0 Å². The summed E-state index contributed by atoms with van der Waals surface area (Å²) in [5, 5.41) is 4.24. The summed E-state index contributed by atoms with van der Waals surface area (Å²) < 4.78 is 40.6. The Balaban J connectivity index is 1.60. The van der Waals surface area contributed by atoms with E-state index >= 15 is 0 Å². The summed E-state index contributed by atoms with van der Waals surface area (Å²) in [5.41, 5.74) is 0.486. The standard InChI is InChI=1S/C17H21N3O4S/c21-25(22,20-7-9-24-14-17(20)6-8-23-13-17)16-10-18-19(12-16)11-15-4-2-1-3-5-15/h1-5,10,12H,6-9,11,13-14H2. The Bertz CT molecular complexity index is 829. The molecule has 0 saturated carbocycles. The third-order valence-corrected chi connectivity index (χ3v) is 6.76. The summed E-state index contributed by atoms with van der Waals surface area (Å²) in [6, 6.07) is 9.83. The molecule has 0 amide bonds. The van der Waals surface area contributed by atoms with Crippen LogP contribution in [0.2, 0.25) is 0 Å². The zero-order chi connectivity index (χ0) is 17.3. The van der Waals surface area contributed by atoms with Crippen LogP contribution in [-0.2, 0) is 26.0 Å². The van der Waals surface area contributed by atoms with Crippen LogP contribution in [0.5, 0.6) is 0 Å². The third-order valence-electron chi connectivity index (χ3n) is 4.81. The average Bonchev–Trinajstić information content (AvgIpc) is 3.27. The molecule has 1 atom stereocenters. The Labute approximate surface area is 147 Å². The second kappa shape index (κ2) is 6.53. The normalized spacial score (nSPS) is 24.8. The fourth-order valence-electron chi connectivity index (χ4n) is 3.46. The first-order valence-electron chi connectivity index (χ1n) is 8.35. The second-order valence-corrected chi connectivity index (χ2v) is 8.38. The highest BCUT2D eigenvalue weighted by Crippen LogP contribution is 2.34. The van der Waals surface area contributed by atoms with Gasteiger partial charge in [0.15, 0.2) is 0 Å². The maximum Gasteiger partial charge on any atom is 0.246 e. The Morgan fingerprint density at radius 3 is 2.60 bits per heavy atom. The highest BCUT2D eigenvalue weighted by atomic mass is 32.2. The minimum atomic E-state index is -3.64. The van der Waals surface area contributed by atoms with Gasteiger partial charge in [-0.3, -0.25) is 4.68 Å². The molecule has 0 bridgehead atoms. The van der Waals surface area contributed by atoms with Gasteiger partial charge in [0.25, 0.3) is 0 Å². The van der Waals surface area contributed by atoms with Crippen LogP contribution in [0.15, 0.2) is 47.6 Å². The molecular formula is C17H21N3O4S. The van der Waals surface area contributed by atoms with Gasteiger partial charge in [-0.25, -0.2) is 8.42 Å². The van der Waals surface area contributed by atoms with Gasteiger partial charge < -0.3 is 9.47 Å². The number of ether oxygens (including phenoxy) is 2. The molecule has 4 rings (SSSR count). The maximum atomic E-state index is 13.2. The zero-order valence-corrected chi connectivity index (χ0v) is 14.7. The third kappa shape index (κ3) is 3.10.